The normalized spacial score (nSPS) is 13.2. The lowest BCUT2D eigenvalue weighted by Crippen LogP contribution is -2.27. The molecule has 0 saturated carbocycles. The SMILES string of the molecule is COc1cc(C(Oc2ccc(C)cc2OC)C(O)CO)ccc1O. The summed E-state index contributed by atoms with van der Waals surface area (Å²) in [7, 11) is 2.96. The number of hydrogen-bond donors (Lipinski definition) is 3. The highest BCUT2D eigenvalue weighted by Crippen LogP contribution is 2.36. The molecule has 0 radical (unpaired) electrons. The van der Waals surface area contributed by atoms with Crippen LogP contribution in [-0.2, 0) is 0 Å². The van der Waals surface area contributed by atoms with E-state index in [2.05, 4.69) is 0 Å². The van der Waals surface area contributed by atoms with Crippen molar-refractivity contribution in [2.24, 2.45) is 0 Å². The molecule has 0 aliphatic heterocycles. The predicted octanol–water partition coefficient (Wildman–Crippen LogP) is 2.19. The van der Waals surface area contributed by atoms with Gasteiger partial charge in [-0.25, -0.2) is 0 Å². The van der Waals surface area contributed by atoms with E-state index in [1.807, 2.05) is 19.1 Å². The first-order valence-corrected chi connectivity index (χ1v) is 7.47. The average Bonchev–Trinajstić information content (AvgIpc) is 2.60. The first kappa shape index (κ1) is 17.9. The maximum absolute atomic E-state index is 10.2. The second-order valence-electron chi connectivity index (χ2n) is 5.37. The second kappa shape index (κ2) is 7.90. The molecule has 130 valence electrons. The van der Waals surface area contributed by atoms with Crippen molar-refractivity contribution in [2.45, 2.75) is 19.1 Å². The Morgan fingerprint density at radius 3 is 2.29 bits per heavy atom. The zero-order valence-electron chi connectivity index (χ0n) is 13.9. The van der Waals surface area contributed by atoms with Crippen LogP contribution in [0.3, 0.4) is 0 Å². The monoisotopic (exact) mass is 334 g/mol. The maximum atomic E-state index is 10.2. The van der Waals surface area contributed by atoms with E-state index in [0.717, 1.165) is 5.56 Å². The molecular weight excluding hydrogens is 312 g/mol. The molecule has 2 aromatic rings. The zero-order chi connectivity index (χ0) is 17.7. The second-order valence-corrected chi connectivity index (χ2v) is 5.37. The van der Waals surface area contributed by atoms with Crippen LogP contribution in [-0.4, -0.2) is 42.3 Å². The Balaban J connectivity index is 2.40. The van der Waals surface area contributed by atoms with Crippen LogP contribution < -0.4 is 14.2 Å². The van der Waals surface area contributed by atoms with Crippen LogP contribution in [0.5, 0.6) is 23.0 Å². The lowest BCUT2D eigenvalue weighted by Gasteiger charge is -2.25. The fourth-order valence-electron chi connectivity index (χ4n) is 2.34. The van der Waals surface area contributed by atoms with Gasteiger partial charge in [-0.1, -0.05) is 12.1 Å². The van der Waals surface area contributed by atoms with Crippen LogP contribution in [0.15, 0.2) is 36.4 Å². The van der Waals surface area contributed by atoms with Gasteiger partial charge in [0.05, 0.1) is 20.8 Å². The van der Waals surface area contributed by atoms with Gasteiger partial charge in [0.15, 0.2) is 29.1 Å². The molecule has 0 aromatic heterocycles. The molecule has 6 nitrogen and oxygen atoms in total. The van der Waals surface area contributed by atoms with Gasteiger partial charge in [0.25, 0.3) is 0 Å². The molecule has 0 aliphatic rings. The number of aliphatic hydroxyl groups is 2. The van der Waals surface area contributed by atoms with Crippen molar-refractivity contribution >= 4 is 0 Å². The number of ether oxygens (including phenoxy) is 3. The van der Waals surface area contributed by atoms with Crippen LogP contribution in [0, 0.1) is 6.92 Å². The largest absolute Gasteiger partial charge is 0.504 e. The fraction of sp³-hybridized carbons (Fsp3) is 0.333. The highest BCUT2D eigenvalue weighted by Gasteiger charge is 2.25. The van der Waals surface area contributed by atoms with Gasteiger partial charge in [-0.05, 0) is 42.3 Å². The topological polar surface area (TPSA) is 88.4 Å². The van der Waals surface area contributed by atoms with Gasteiger partial charge in [0.2, 0.25) is 0 Å². The third kappa shape index (κ3) is 3.90. The van der Waals surface area contributed by atoms with E-state index in [0.29, 0.717) is 17.1 Å². The number of aromatic hydroxyl groups is 1. The minimum Gasteiger partial charge on any atom is -0.504 e. The molecule has 2 rings (SSSR count). The summed E-state index contributed by atoms with van der Waals surface area (Å²) in [6.07, 6.45) is -2.02. The third-order valence-electron chi connectivity index (χ3n) is 3.64. The van der Waals surface area contributed by atoms with E-state index in [9.17, 15) is 15.3 Å². The lowest BCUT2D eigenvalue weighted by molar-refractivity contribution is -0.00296. The Bertz CT molecular complexity index is 685. The van der Waals surface area contributed by atoms with E-state index in [1.54, 1.807) is 18.2 Å². The van der Waals surface area contributed by atoms with E-state index < -0.39 is 18.8 Å². The molecule has 0 saturated heterocycles. The highest BCUT2D eigenvalue weighted by molar-refractivity contribution is 5.45. The molecule has 2 unspecified atom stereocenters. The summed E-state index contributed by atoms with van der Waals surface area (Å²) >= 11 is 0. The number of rotatable bonds is 7. The first-order valence-electron chi connectivity index (χ1n) is 7.47. The van der Waals surface area contributed by atoms with Crippen molar-refractivity contribution in [3.63, 3.8) is 0 Å². The fourth-order valence-corrected chi connectivity index (χ4v) is 2.34. The van der Waals surface area contributed by atoms with Gasteiger partial charge in [-0.3, -0.25) is 0 Å². The Labute approximate surface area is 140 Å². The van der Waals surface area contributed by atoms with Crippen LogP contribution in [0.4, 0.5) is 0 Å². The predicted molar refractivity (Wildman–Crippen MR) is 88.9 cm³/mol. The molecule has 0 spiro atoms. The number of phenols is 1. The van der Waals surface area contributed by atoms with Crippen molar-refractivity contribution in [3.05, 3.63) is 47.5 Å². The number of benzene rings is 2. The summed E-state index contributed by atoms with van der Waals surface area (Å²) in [6, 6.07) is 10.0. The van der Waals surface area contributed by atoms with Crippen LogP contribution in [0.1, 0.15) is 17.2 Å². The van der Waals surface area contributed by atoms with E-state index in [4.69, 9.17) is 14.2 Å². The van der Waals surface area contributed by atoms with Gasteiger partial charge in [0, 0.05) is 0 Å². The van der Waals surface area contributed by atoms with Crippen molar-refractivity contribution in [1.29, 1.82) is 0 Å². The van der Waals surface area contributed by atoms with Gasteiger partial charge in [-0.2, -0.15) is 0 Å². The summed E-state index contributed by atoms with van der Waals surface area (Å²) in [6.45, 7) is 1.44. The maximum Gasteiger partial charge on any atom is 0.162 e. The first-order chi connectivity index (χ1) is 11.5. The number of aryl methyl sites for hydroxylation is 1. The lowest BCUT2D eigenvalue weighted by atomic mass is 10.0. The molecule has 0 heterocycles. The van der Waals surface area contributed by atoms with Crippen molar-refractivity contribution < 1.29 is 29.5 Å². The molecule has 0 fully saturated rings. The summed E-state index contributed by atoms with van der Waals surface area (Å²) in [4.78, 5) is 0. The van der Waals surface area contributed by atoms with E-state index in [1.165, 1.54) is 20.3 Å². The highest BCUT2D eigenvalue weighted by atomic mass is 16.5. The molecule has 0 aliphatic carbocycles. The van der Waals surface area contributed by atoms with Crippen LogP contribution in [0.25, 0.3) is 0 Å². The van der Waals surface area contributed by atoms with Gasteiger partial charge < -0.3 is 29.5 Å². The molecule has 3 N–H and O–H groups in total. The number of methoxy groups -OCH3 is 2. The van der Waals surface area contributed by atoms with Gasteiger partial charge in [-0.15, -0.1) is 0 Å². The standard InChI is InChI=1S/C18H22O6/c1-11-4-7-15(17(8-11)23-3)24-18(14(21)10-19)12-5-6-13(20)16(9-12)22-2/h4-9,14,18-21H,10H2,1-3H3. The molecule has 2 atom stereocenters. The average molecular weight is 334 g/mol. The van der Waals surface area contributed by atoms with Crippen molar-refractivity contribution in [1.82, 2.24) is 0 Å². The van der Waals surface area contributed by atoms with Crippen molar-refractivity contribution in [3.8, 4) is 23.0 Å². The van der Waals surface area contributed by atoms with Crippen LogP contribution >= 0.6 is 0 Å². The Kier molecular flexibility index (Phi) is 5.89. The molecule has 0 bridgehead atoms. The van der Waals surface area contributed by atoms with Gasteiger partial charge >= 0.3 is 0 Å². The number of aliphatic hydroxyl groups excluding tert-OH is 2. The minimum absolute atomic E-state index is 0.0218. The quantitative estimate of drug-likeness (QED) is 0.719. The third-order valence-corrected chi connectivity index (χ3v) is 3.64. The van der Waals surface area contributed by atoms with Gasteiger partial charge in [0.1, 0.15) is 6.10 Å². The van der Waals surface area contributed by atoms with Crippen LogP contribution in [0.2, 0.25) is 0 Å². The summed E-state index contributed by atoms with van der Waals surface area (Å²) in [5.74, 6) is 1.19. The van der Waals surface area contributed by atoms with E-state index in [-0.39, 0.29) is 11.5 Å². The smallest absolute Gasteiger partial charge is 0.162 e. The van der Waals surface area contributed by atoms with E-state index >= 15 is 0 Å². The summed E-state index contributed by atoms with van der Waals surface area (Å²) < 4.78 is 16.3. The Hall–Kier alpha value is -2.44. The minimum atomic E-state index is -1.16. The molecule has 0 amide bonds. The molecular formula is C18H22O6. The summed E-state index contributed by atoms with van der Waals surface area (Å²) in [5, 5.41) is 29.2. The Morgan fingerprint density at radius 1 is 0.958 bits per heavy atom. The number of phenolic OH excluding ortho intramolecular Hbond substituents is 1. The summed E-state index contributed by atoms with van der Waals surface area (Å²) in [5.41, 5.74) is 1.55. The van der Waals surface area contributed by atoms with Crippen molar-refractivity contribution in [2.75, 3.05) is 20.8 Å². The Morgan fingerprint density at radius 2 is 1.67 bits per heavy atom. The zero-order valence-corrected chi connectivity index (χ0v) is 13.9. The number of hydrogen-bond acceptors (Lipinski definition) is 6. The molecule has 2 aromatic carbocycles. The molecule has 24 heavy (non-hydrogen) atoms. The molecule has 6 heteroatoms.